The number of para-hydroxylation sites is 1. The van der Waals surface area contributed by atoms with Gasteiger partial charge in [0.1, 0.15) is 6.04 Å². The van der Waals surface area contributed by atoms with Crippen LogP contribution in [0, 0.1) is 0 Å². The van der Waals surface area contributed by atoms with Crippen LogP contribution in [0.4, 0.5) is 18.9 Å². The SMILES string of the molecule is O=C(Nc1ccccc1)[C@H]1CCCN1/C=C/C(=O)C(F)(F)F. The summed E-state index contributed by atoms with van der Waals surface area (Å²) in [7, 11) is 0. The molecule has 118 valence electrons. The molecule has 1 aliphatic rings. The summed E-state index contributed by atoms with van der Waals surface area (Å²) < 4.78 is 36.5. The van der Waals surface area contributed by atoms with Crippen LogP contribution in [0.25, 0.3) is 0 Å². The third kappa shape index (κ3) is 4.09. The monoisotopic (exact) mass is 312 g/mol. The van der Waals surface area contributed by atoms with E-state index in [4.69, 9.17) is 0 Å². The van der Waals surface area contributed by atoms with E-state index in [0.29, 0.717) is 31.1 Å². The van der Waals surface area contributed by atoms with Gasteiger partial charge in [0.05, 0.1) is 0 Å². The van der Waals surface area contributed by atoms with Crippen LogP contribution in [-0.2, 0) is 9.59 Å². The Morgan fingerprint density at radius 2 is 1.91 bits per heavy atom. The summed E-state index contributed by atoms with van der Waals surface area (Å²) >= 11 is 0. The highest BCUT2D eigenvalue weighted by atomic mass is 19.4. The lowest BCUT2D eigenvalue weighted by molar-refractivity contribution is -0.165. The molecule has 0 unspecified atom stereocenters. The van der Waals surface area contributed by atoms with E-state index in [9.17, 15) is 22.8 Å². The van der Waals surface area contributed by atoms with Crippen molar-refractivity contribution >= 4 is 17.4 Å². The number of anilines is 1. The number of amides is 1. The molecule has 1 heterocycles. The molecule has 7 heteroatoms. The summed E-state index contributed by atoms with van der Waals surface area (Å²) in [6, 6.07) is 8.22. The first-order valence-electron chi connectivity index (χ1n) is 6.79. The first kappa shape index (κ1) is 16.1. The van der Waals surface area contributed by atoms with Crippen LogP contribution in [0.2, 0.25) is 0 Å². The molecule has 0 spiro atoms. The molecule has 1 amide bonds. The average molecular weight is 312 g/mol. The largest absolute Gasteiger partial charge is 0.454 e. The van der Waals surface area contributed by atoms with Gasteiger partial charge in [0.15, 0.2) is 0 Å². The van der Waals surface area contributed by atoms with Gasteiger partial charge < -0.3 is 10.2 Å². The van der Waals surface area contributed by atoms with E-state index in [1.807, 2.05) is 6.07 Å². The van der Waals surface area contributed by atoms with Gasteiger partial charge in [0.25, 0.3) is 5.78 Å². The van der Waals surface area contributed by atoms with Crippen LogP contribution in [0.5, 0.6) is 0 Å². The van der Waals surface area contributed by atoms with Crippen molar-refractivity contribution in [3.05, 3.63) is 42.6 Å². The highest BCUT2D eigenvalue weighted by Crippen LogP contribution is 2.21. The minimum atomic E-state index is -4.89. The van der Waals surface area contributed by atoms with Gasteiger partial charge in [-0.2, -0.15) is 13.2 Å². The summed E-state index contributed by atoms with van der Waals surface area (Å²) in [6.45, 7) is 0.439. The van der Waals surface area contributed by atoms with Crippen molar-refractivity contribution in [2.75, 3.05) is 11.9 Å². The van der Waals surface area contributed by atoms with Gasteiger partial charge in [-0.05, 0) is 25.0 Å². The third-order valence-electron chi connectivity index (χ3n) is 3.33. The molecule has 0 aliphatic carbocycles. The van der Waals surface area contributed by atoms with Crippen molar-refractivity contribution in [1.82, 2.24) is 4.90 Å². The molecule has 0 bridgehead atoms. The Morgan fingerprint density at radius 1 is 1.23 bits per heavy atom. The topological polar surface area (TPSA) is 49.4 Å². The maximum atomic E-state index is 12.2. The van der Waals surface area contributed by atoms with Crippen molar-refractivity contribution in [3.63, 3.8) is 0 Å². The fourth-order valence-corrected chi connectivity index (χ4v) is 2.25. The van der Waals surface area contributed by atoms with Gasteiger partial charge in [0.2, 0.25) is 5.91 Å². The number of hydrogen-bond donors (Lipinski definition) is 1. The number of alkyl halides is 3. The number of halogens is 3. The van der Waals surface area contributed by atoms with E-state index in [2.05, 4.69) is 5.32 Å². The predicted octanol–water partition coefficient (Wildman–Crippen LogP) is 2.73. The molecule has 2 rings (SSSR count). The number of likely N-dealkylation sites (tertiary alicyclic amines) is 1. The zero-order valence-corrected chi connectivity index (χ0v) is 11.6. The quantitative estimate of drug-likeness (QED) is 0.870. The van der Waals surface area contributed by atoms with Crippen LogP contribution in [0.3, 0.4) is 0 Å². The fraction of sp³-hybridized carbons (Fsp3) is 0.333. The van der Waals surface area contributed by atoms with Crippen molar-refractivity contribution in [3.8, 4) is 0 Å². The molecule has 1 aromatic rings. The maximum absolute atomic E-state index is 12.2. The molecule has 0 aromatic heterocycles. The minimum Gasteiger partial charge on any atom is -0.365 e. The van der Waals surface area contributed by atoms with Crippen molar-refractivity contribution in [2.45, 2.75) is 25.1 Å². The first-order valence-corrected chi connectivity index (χ1v) is 6.79. The van der Waals surface area contributed by atoms with E-state index in [1.165, 1.54) is 4.90 Å². The summed E-state index contributed by atoms with van der Waals surface area (Å²) in [6.07, 6.45) is -2.16. The molecule has 1 aromatic carbocycles. The van der Waals surface area contributed by atoms with E-state index in [0.717, 1.165) is 6.20 Å². The summed E-state index contributed by atoms with van der Waals surface area (Å²) in [4.78, 5) is 24.5. The van der Waals surface area contributed by atoms with Crippen LogP contribution in [0.15, 0.2) is 42.6 Å². The minimum absolute atomic E-state index is 0.298. The Kier molecular flexibility index (Phi) is 4.85. The zero-order chi connectivity index (χ0) is 16.2. The van der Waals surface area contributed by atoms with Gasteiger partial charge >= 0.3 is 6.18 Å². The van der Waals surface area contributed by atoms with Crippen molar-refractivity contribution in [2.24, 2.45) is 0 Å². The molecule has 1 fully saturated rings. The molecule has 0 radical (unpaired) electrons. The summed E-state index contributed by atoms with van der Waals surface area (Å²) in [5.41, 5.74) is 0.620. The van der Waals surface area contributed by atoms with E-state index in [1.54, 1.807) is 24.3 Å². The summed E-state index contributed by atoms with van der Waals surface area (Å²) in [5.74, 6) is -2.23. The number of nitrogens with one attached hydrogen (secondary N) is 1. The van der Waals surface area contributed by atoms with Crippen LogP contribution < -0.4 is 5.32 Å². The molecular weight excluding hydrogens is 297 g/mol. The highest BCUT2D eigenvalue weighted by molar-refractivity contribution is 5.96. The van der Waals surface area contributed by atoms with Gasteiger partial charge in [-0.25, -0.2) is 0 Å². The molecule has 1 saturated heterocycles. The lowest BCUT2D eigenvalue weighted by Gasteiger charge is -2.22. The number of ketones is 1. The number of nitrogens with zero attached hydrogens (tertiary/aromatic N) is 1. The van der Waals surface area contributed by atoms with Crippen molar-refractivity contribution in [1.29, 1.82) is 0 Å². The first-order chi connectivity index (χ1) is 10.4. The molecule has 4 nitrogen and oxygen atoms in total. The Morgan fingerprint density at radius 3 is 2.55 bits per heavy atom. The molecule has 0 saturated carbocycles. The van der Waals surface area contributed by atoms with Crippen molar-refractivity contribution < 1.29 is 22.8 Å². The van der Waals surface area contributed by atoms with E-state index < -0.39 is 18.0 Å². The van der Waals surface area contributed by atoms with Gasteiger partial charge in [-0.3, -0.25) is 9.59 Å². The summed E-state index contributed by atoms with van der Waals surface area (Å²) in [5, 5.41) is 2.71. The number of carbonyl (C=O) groups is 2. The number of carbonyl (C=O) groups excluding carboxylic acids is 2. The number of allylic oxidation sites excluding steroid dienone is 1. The van der Waals surface area contributed by atoms with Crippen LogP contribution in [0.1, 0.15) is 12.8 Å². The standard InChI is InChI=1S/C15H15F3N2O2/c16-15(17,18)13(21)8-10-20-9-4-7-12(20)14(22)19-11-5-2-1-3-6-11/h1-3,5-6,8,10,12H,4,7,9H2,(H,19,22)/b10-8+/t12-/m1/s1. The second kappa shape index (κ2) is 6.64. The predicted molar refractivity (Wildman–Crippen MR) is 75.0 cm³/mol. The molecular formula is C15H15F3N2O2. The zero-order valence-electron chi connectivity index (χ0n) is 11.6. The van der Waals surface area contributed by atoms with Crippen LogP contribution in [-0.4, -0.2) is 35.4 Å². The van der Waals surface area contributed by atoms with E-state index in [-0.39, 0.29) is 5.91 Å². The van der Waals surface area contributed by atoms with Gasteiger partial charge in [-0.1, -0.05) is 18.2 Å². The normalized spacial score (nSPS) is 18.7. The molecule has 1 atom stereocenters. The Balaban J connectivity index is 2.00. The smallest absolute Gasteiger partial charge is 0.365 e. The lowest BCUT2D eigenvalue weighted by atomic mass is 10.2. The van der Waals surface area contributed by atoms with Crippen LogP contribution >= 0.6 is 0 Å². The molecule has 1 N–H and O–H groups in total. The van der Waals surface area contributed by atoms with E-state index >= 15 is 0 Å². The second-order valence-corrected chi connectivity index (χ2v) is 4.93. The third-order valence-corrected chi connectivity index (χ3v) is 3.33. The Labute approximate surface area is 125 Å². The van der Waals surface area contributed by atoms with Gasteiger partial charge in [0, 0.05) is 24.5 Å². The average Bonchev–Trinajstić information content (AvgIpc) is 2.93. The Hall–Kier alpha value is -2.31. The fourth-order valence-electron chi connectivity index (χ4n) is 2.25. The number of hydrogen-bond acceptors (Lipinski definition) is 3. The molecule has 22 heavy (non-hydrogen) atoms. The molecule has 1 aliphatic heterocycles. The number of rotatable bonds is 4. The second-order valence-electron chi connectivity index (χ2n) is 4.93. The highest BCUT2D eigenvalue weighted by Gasteiger charge is 2.37. The maximum Gasteiger partial charge on any atom is 0.454 e. The Bertz CT molecular complexity index is 570. The number of benzene rings is 1. The lowest BCUT2D eigenvalue weighted by Crippen LogP contribution is -2.36. The van der Waals surface area contributed by atoms with Gasteiger partial charge in [-0.15, -0.1) is 0 Å².